The van der Waals surface area contributed by atoms with Crippen molar-refractivity contribution in [1.29, 1.82) is 0 Å². The number of esters is 1. The van der Waals surface area contributed by atoms with Crippen molar-refractivity contribution in [3.05, 3.63) is 0 Å². The van der Waals surface area contributed by atoms with E-state index in [0.717, 1.165) is 0 Å². The lowest BCUT2D eigenvalue weighted by atomic mass is 10.2. The maximum atomic E-state index is 11.4. The number of morpholine rings is 1. The summed E-state index contributed by atoms with van der Waals surface area (Å²) in [6.45, 7) is 1.66. The molecule has 0 saturated carbocycles. The third-order valence-corrected chi connectivity index (χ3v) is 3.39. The maximum Gasteiger partial charge on any atom is 0.325 e. The van der Waals surface area contributed by atoms with Gasteiger partial charge in [0.1, 0.15) is 15.9 Å². The van der Waals surface area contributed by atoms with Crippen LogP contribution in [0.15, 0.2) is 0 Å². The Kier molecular flexibility index (Phi) is 4.69. The van der Waals surface area contributed by atoms with Gasteiger partial charge in [-0.2, -0.15) is 0 Å². The second-order valence-electron chi connectivity index (χ2n) is 3.78. The lowest BCUT2D eigenvalue weighted by Gasteiger charge is -2.33. The van der Waals surface area contributed by atoms with Crippen molar-refractivity contribution < 1.29 is 22.7 Å². The summed E-state index contributed by atoms with van der Waals surface area (Å²) < 4.78 is 31.9. The van der Waals surface area contributed by atoms with Crippen molar-refractivity contribution in [2.45, 2.75) is 6.04 Å². The van der Waals surface area contributed by atoms with Crippen molar-refractivity contribution in [2.75, 3.05) is 45.4 Å². The SMILES string of the molecule is COC(=O)C1COCCN1CCS(C)(=O)=O. The molecule has 0 bridgehead atoms. The molecule has 0 aliphatic carbocycles. The first-order chi connectivity index (χ1) is 7.44. The molecule has 0 aromatic heterocycles. The molecule has 1 fully saturated rings. The molecular formula is C9H17NO5S. The van der Waals surface area contributed by atoms with Crippen LogP contribution in [0.4, 0.5) is 0 Å². The summed E-state index contributed by atoms with van der Waals surface area (Å²) in [6.07, 6.45) is 1.18. The summed E-state index contributed by atoms with van der Waals surface area (Å²) in [5, 5.41) is 0. The maximum absolute atomic E-state index is 11.4. The number of rotatable bonds is 4. The topological polar surface area (TPSA) is 72.9 Å². The van der Waals surface area contributed by atoms with E-state index in [2.05, 4.69) is 4.74 Å². The Hall–Kier alpha value is -0.660. The van der Waals surface area contributed by atoms with Gasteiger partial charge in [-0.05, 0) is 0 Å². The van der Waals surface area contributed by atoms with E-state index in [-0.39, 0.29) is 18.3 Å². The molecule has 0 aromatic carbocycles. The van der Waals surface area contributed by atoms with Crippen LogP contribution in [0.1, 0.15) is 0 Å². The highest BCUT2D eigenvalue weighted by Crippen LogP contribution is 2.08. The molecule has 16 heavy (non-hydrogen) atoms. The van der Waals surface area contributed by atoms with Crippen LogP contribution < -0.4 is 0 Å². The first kappa shape index (κ1) is 13.4. The van der Waals surface area contributed by atoms with Crippen LogP contribution in [0.5, 0.6) is 0 Å². The van der Waals surface area contributed by atoms with Gasteiger partial charge in [-0.3, -0.25) is 9.69 Å². The summed E-state index contributed by atoms with van der Waals surface area (Å²) >= 11 is 0. The summed E-state index contributed by atoms with van der Waals surface area (Å²) in [5.74, 6) is -0.339. The largest absolute Gasteiger partial charge is 0.468 e. The average Bonchev–Trinajstić information content (AvgIpc) is 2.25. The minimum Gasteiger partial charge on any atom is -0.468 e. The smallest absolute Gasteiger partial charge is 0.325 e. The van der Waals surface area contributed by atoms with Crippen LogP contribution in [-0.4, -0.2) is 70.8 Å². The number of hydrogen-bond donors (Lipinski definition) is 0. The van der Waals surface area contributed by atoms with Crippen LogP contribution in [0.3, 0.4) is 0 Å². The van der Waals surface area contributed by atoms with Gasteiger partial charge in [0.05, 0.1) is 26.1 Å². The number of carbonyl (C=O) groups is 1. The molecule has 0 aromatic rings. The standard InChI is InChI=1S/C9H17NO5S/c1-14-9(11)8-7-15-5-3-10(8)4-6-16(2,12)13/h8H,3-7H2,1-2H3. The number of ether oxygens (including phenoxy) is 2. The minimum atomic E-state index is -3.01. The van der Waals surface area contributed by atoms with Crippen LogP contribution in [0, 0.1) is 0 Å². The normalized spacial score (nSPS) is 23.0. The van der Waals surface area contributed by atoms with Gasteiger partial charge in [-0.1, -0.05) is 0 Å². The minimum absolute atomic E-state index is 0.0422. The van der Waals surface area contributed by atoms with Gasteiger partial charge in [0.25, 0.3) is 0 Å². The van der Waals surface area contributed by atoms with E-state index in [1.807, 2.05) is 0 Å². The molecule has 0 amide bonds. The van der Waals surface area contributed by atoms with Gasteiger partial charge < -0.3 is 9.47 Å². The first-order valence-corrected chi connectivity index (χ1v) is 7.07. The van der Waals surface area contributed by atoms with Crippen LogP contribution in [0.25, 0.3) is 0 Å². The number of hydrogen-bond acceptors (Lipinski definition) is 6. The molecule has 94 valence electrons. The first-order valence-electron chi connectivity index (χ1n) is 5.01. The molecule has 0 spiro atoms. The molecule has 0 radical (unpaired) electrons. The average molecular weight is 251 g/mol. The second kappa shape index (κ2) is 5.60. The Morgan fingerprint density at radius 1 is 1.56 bits per heavy atom. The molecule has 1 unspecified atom stereocenters. The molecule has 1 aliphatic heterocycles. The quantitative estimate of drug-likeness (QED) is 0.591. The van der Waals surface area contributed by atoms with Crippen molar-refractivity contribution in [1.82, 2.24) is 4.90 Å². The molecule has 1 saturated heterocycles. The van der Waals surface area contributed by atoms with Gasteiger partial charge in [0, 0.05) is 19.3 Å². The van der Waals surface area contributed by atoms with E-state index in [4.69, 9.17) is 4.74 Å². The van der Waals surface area contributed by atoms with Crippen LogP contribution >= 0.6 is 0 Å². The summed E-state index contributed by atoms with van der Waals surface area (Å²) in [6, 6.07) is -0.486. The third kappa shape index (κ3) is 4.07. The van der Waals surface area contributed by atoms with Gasteiger partial charge in [-0.25, -0.2) is 8.42 Å². The van der Waals surface area contributed by atoms with Crippen molar-refractivity contribution in [2.24, 2.45) is 0 Å². The van der Waals surface area contributed by atoms with Crippen molar-refractivity contribution in [3.8, 4) is 0 Å². The fourth-order valence-electron chi connectivity index (χ4n) is 1.54. The fraction of sp³-hybridized carbons (Fsp3) is 0.889. The third-order valence-electron chi connectivity index (χ3n) is 2.46. The van der Waals surface area contributed by atoms with E-state index in [0.29, 0.717) is 19.7 Å². The summed E-state index contributed by atoms with van der Waals surface area (Å²) in [4.78, 5) is 13.2. The zero-order valence-electron chi connectivity index (χ0n) is 9.51. The van der Waals surface area contributed by atoms with E-state index in [1.54, 1.807) is 4.90 Å². The van der Waals surface area contributed by atoms with Crippen LogP contribution in [0.2, 0.25) is 0 Å². The molecule has 1 atom stereocenters. The number of methoxy groups -OCH3 is 1. The Balaban J connectivity index is 2.57. The predicted octanol–water partition coefficient (Wildman–Crippen LogP) is -1.10. The van der Waals surface area contributed by atoms with E-state index >= 15 is 0 Å². The highest BCUT2D eigenvalue weighted by atomic mass is 32.2. The van der Waals surface area contributed by atoms with Gasteiger partial charge in [0.15, 0.2) is 0 Å². The Labute approximate surface area is 95.4 Å². The summed E-state index contributed by atoms with van der Waals surface area (Å²) in [7, 11) is -1.70. The lowest BCUT2D eigenvalue weighted by Crippen LogP contribution is -2.51. The Morgan fingerprint density at radius 3 is 2.81 bits per heavy atom. The number of sulfone groups is 1. The van der Waals surface area contributed by atoms with Crippen LogP contribution in [-0.2, 0) is 24.1 Å². The van der Waals surface area contributed by atoms with Crippen molar-refractivity contribution in [3.63, 3.8) is 0 Å². The molecule has 7 heteroatoms. The van der Waals surface area contributed by atoms with Gasteiger partial charge in [-0.15, -0.1) is 0 Å². The van der Waals surface area contributed by atoms with E-state index in [9.17, 15) is 13.2 Å². The molecule has 6 nitrogen and oxygen atoms in total. The second-order valence-corrected chi connectivity index (χ2v) is 6.04. The van der Waals surface area contributed by atoms with E-state index in [1.165, 1.54) is 13.4 Å². The fourth-order valence-corrected chi connectivity index (χ4v) is 2.11. The van der Waals surface area contributed by atoms with Crippen molar-refractivity contribution >= 4 is 15.8 Å². The zero-order chi connectivity index (χ0) is 12.2. The Bertz CT molecular complexity index is 340. The molecule has 1 heterocycles. The highest BCUT2D eigenvalue weighted by molar-refractivity contribution is 7.90. The lowest BCUT2D eigenvalue weighted by molar-refractivity contribution is -0.153. The number of nitrogens with zero attached hydrogens (tertiary/aromatic N) is 1. The zero-order valence-corrected chi connectivity index (χ0v) is 10.3. The molecule has 1 rings (SSSR count). The monoisotopic (exact) mass is 251 g/mol. The van der Waals surface area contributed by atoms with Gasteiger partial charge in [0.2, 0.25) is 0 Å². The molecule has 1 aliphatic rings. The molecule has 0 N–H and O–H groups in total. The predicted molar refractivity (Wildman–Crippen MR) is 57.9 cm³/mol. The Morgan fingerprint density at radius 2 is 2.25 bits per heavy atom. The van der Waals surface area contributed by atoms with Gasteiger partial charge >= 0.3 is 5.97 Å². The highest BCUT2D eigenvalue weighted by Gasteiger charge is 2.30. The number of carbonyl (C=O) groups excluding carboxylic acids is 1. The summed E-state index contributed by atoms with van der Waals surface area (Å²) in [5.41, 5.74) is 0. The molecular weight excluding hydrogens is 234 g/mol. The van der Waals surface area contributed by atoms with E-state index < -0.39 is 15.9 Å².